The average Bonchev–Trinajstić information content (AvgIpc) is 3.01. The van der Waals surface area contributed by atoms with Crippen LogP contribution in [0.25, 0.3) is 0 Å². The SMILES string of the molecule is CCCN(C1CC1)S(=O)(=O)c1ccc(CCl)s1. The van der Waals surface area contributed by atoms with Gasteiger partial charge in [-0.15, -0.1) is 22.9 Å². The van der Waals surface area contributed by atoms with Crippen molar-refractivity contribution >= 4 is 33.0 Å². The highest BCUT2D eigenvalue weighted by atomic mass is 35.5. The van der Waals surface area contributed by atoms with Gasteiger partial charge in [-0.25, -0.2) is 8.42 Å². The number of hydrogen-bond acceptors (Lipinski definition) is 3. The zero-order valence-corrected chi connectivity index (χ0v) is 12.1. The topological polar surface area (TPSA) is 37.4 Å². The number of alkyl halides is 1. The molecule has 2 rings (SSSR count). The van der Waals surface area contributed by atoms with Gasteiger partial charge in [0.15, 0.2) is 0 Å². The third-order valence-electron chi connectivity index (χ3n) is 2.73. The van der Waals surface area contributed by atoms with Crippen molar-refractivity contribution in [1.29, 1.82) is 0 Å². The van der Waals surface area contributed by atoms with E-state index in [0.29, 0.717) is 16.6 Å². The molecular formula is C11H16ClNO2S2. The molecule has 1 aliphatic carbocycles. The number of sulfonamides is 1. The van der Waals surface area contributed by atoms with Gasteiger partial charge in [0.05, 0.1) is 5.88 Å². The molecule has 0 aliphatic heterocycles. The van der Waals surface area contributed by atoms with Gasteiger partial charge in [0, 0.05) is 17.5 Å². The molecule has 1 saturated carbocycles. The third kappa shape index (κ3) is 2.84. The quantitative estimate of drug-likeness (QED) is 0.756. The van der Waals surface area contributed by atoms with Crippen LogP contribution < -0.4 is 0 Å². The van der Waals surface area contributed by atoms with Gasteiger partial charge in [-0.1, -0.05) is 6.92 Å². The minimum atomic E-state index is -3.30. The lowest BCUT2D eigenvalue weighted by atomic mass is 10.5. The zero-order valence-electron chi connectivity index (χ0n) is 9.73. The number of hydrogen-bond donors (Lipinski definition) is 0. The highest BCUT2D eigenvalue weighted by molar-refractivity contribution is 7.91. The minimum Gasteiger partial charge on any atom is -0.206 e. The fourth-order valence-corrected chi connectivity index (χ4v) is 5.13. The first-order valence-corrected chi connectivity index (χ1v) is 8.55. The van der Waals surface area contributed by atoms with E-state index in [1.807, 2.05) is 6.92 Å². The Morgan fingerprint density at radius 2 is 2.18 bits per heavy atom. The zero-order chi connectivity index (χ0) is 12.5. The Morgan fingerprint density at radius 3 is 2.65 bits per heavy atom. The van der Waals surface area contributed by atoms with Gasteiger partial charge >= 0.3 is 0 Å². The van der Waals surface area contributed by atoms with Gasteiger partial charge in [0.2, 0.25) is 0 Å². The van der Waals surface area contributed by atoms with Gasteiger partial charge < -0.3 is 0 Å². The van der Waals surface area contributed by atoms with Crippen LogP contribution in [0.3, 0.4) is 0 Å². The first-order valence-electron chi connectivity index (χ1n) is 5.76. The highest BCUT2D eigenvalue weighted by Gasteiger charge is 2.37. The second-order valence-corrected chi connectivity index (χ2v) is 7.75. The lowest BCUT2D eigenvalue weighted by Crippen LogP contribution is -2.33. The smallest absolute Gasteiger partial charge is 0.206 e. The van der Waals surface area contributed by atoms with E-state index in [-0.39, 0.29) is 6.04 Å². The fraction of sp³-hybridized carbons (Fsp3) is 0.636. The van der Waals surface area contributed by atoms with Crippen LogP contribution in [0.2, 0.25) is 0 Å². The number of halogens is 1. The van der Waals surface area contributed by atoms with Gasteiger partial charge in [-0.05, 0) is 31.4 Å². The third-order valence-corrected chi connectivity index (χ3v) is 6.68. The van der Waals surface area contributed by atoms with Gasteiger partial charge in [-0.2, -0.15) is 4.31 Å². The van der Waals surface area contributed by atoms with Crippen LogP contribution in [0.5, 0.6) is 0 Å². The molecule has 0 spiro atoms. The Morgan fingerprint density at radius 1 is 1.47 bits per heavy atom. The highest BCUT2D eigenvalue weighted by Crippen LogP contribution is 2.34. The molecule has 0 amide bonds. The maximum absolute atomic E-state index is 12.4. The Kier molecular flexibility index (Phi) is 4.13. The molecule has 1 heterocycles. The summed E-state index contributed by atoms with van der Waals surface area (Å²) in [4.78, 5) is 0.900. The van der Waals surface area contributed by atoms with E-state index >= 15 is 0 Å². The second kappa shape index (κ2) is 5.26. The summed E-state index contributed by atoms with van der Waals surface area (Å²) in [5.74, 6) is 0.372. The number of thiophene rings is 1. The average molecular weight is 294 g/mol. The van der Waals surface area contributed by atoms with E-state index in [4.69, 9.17) is 11.6 Å². The summed E-state index contributed by atoms with van der Waals surface area (Å²) in [6.07, 6.45) is 2.84. The standard InChI is InChI=1S/C11H16ClNO2S2/c1-2-7-13(9-3-4-9)17(14,15)11-6-5-10(8-12)16-11/h5-6,9H,2-4,7-8H2,1H3. The van der Waals surface area contributed by atoms with Crippen molar-refractivity contribution in [3.63, 3.8) is 0 Å². The first-order chi connectivity index (χ1) is 8.09. The monoisotopic (exact) mass is 293 g/mol. The van der Waals surface area contributed by atoms with Gasteiger partial charge in [-0.3, -0.25) is 0 Å². The lowest BCUT2D eigenvalue weighted by molar-refractivity contribution is 0.404. The van der Waals surface area contributed by atoms with E-state index < -0.39 is 10.0 Å². The predicted molar refractivity (Wildman–Crippen MR) is 71.1 cm³/mol. The molecule has 0 atom stereocenters. The molecule has 1 aromatic heterocycles. The van der Waals surface area contributed by atoms with Crippen molar-refractivity contribution in [1.82, 2.24) is 4.31 Å². The molecule has 1 aliphatic rings. The van der Waals surface area contributed by atoms with Crippen LogP contribution in [0.1, 0.15) is 31.1 Å². The van der Waals surface area contributed by atoms with Crippen LogP contribution in [0.4, 0.5) is 0 Å². The molecule has 0 N–H and O–H groups in total. The van der Waals surface area contributed by atoms with E-state index in [2.05, 4.69) is 0 Å². The molecule has 0 unspecified atom stereocenters. The van der Waals surface area contributed by atoms with E-state index in [9.17, 15) is 8.42 Å². The fourth-order valence-electron chi connectivity index (χ4n) is 1.77. The van der Waals surface area contributed by atoms with Crippen molar-refractivity contribution < 1.29 is 8.42 Å². The molecule has 96 valence electrons. The summed E-state index contributed by atoms with van der Waals surface area (Å²) in [6, 6.07) is 3.69. The first kappa shape index (κ1) is 13.3. The van der Waals surface area contributed by atoms with Gasteiger partial charge in [0.1, 0.15) is 4.21 Å². The number of nitrogens with zero attached hydrogens (tertiary/aromatic N) is 1. The van der Waals surface area contributed by atoms with Crippen LogP contribution >= 0.6 is 22.9 Å². The molecule has 0 radical (unpaired) electrons. The maximum atomic E-state index is 12.4. The Hall–Kier alpha value is -0.100. The predicted octanol–water partition coefficient (Wildman–Crippen LogP) is 3.05. The Balaban J connectivity index is 2.26. The molecule has 17 heavy (non-hydrogen) atoms. The van der Waals surface area contributed by atoms with Crippen LogP contribution in [0, 0.1) is 0 Å². The largest absolute Gasteiger partial charge is 0.252 e. The van der Waals surface area contributed by atoms with Crippen LogP contribution in [0.15, 0.2) is 16.3 Å². The molecular weight excluding hydrogens is 278 g/mol. The Bertz CT molecular complexity index is 479. The molecule has 1 aromatic rings. The summed E-state index contributed by atoms with van der Waals surface area (Å²) >= 11 is 6.99. The van der Waals surface area contributed by atoms with Crippen molar-refractivity contribution in [2.75, 3.05) is 6.54 Å². The summed E-state index contributed by atoms with van der Waals surface area (Å²) in [5, 5.41) is 0. The van der Waals surface area contributed by atoms with Crippen molar-refractivity contribution in [2.24, 2.45) is 0 Å². The van der Waals surface area contributed by atoms with Crippen LogP contribution in [-0.4, -0.2) is 25.3 Å². The molecule has 0 aromatic carbocycles. The Labute approximate surface area is 111 Å². The van der Waals surface area contributed by atoms with E-state index in [1.54, 1.807) is 16.4 Å². The summed E-state index contributed by atoms with van der Waals surface area (Å²) in [6.45, 7) is 2.62. The van der Waals surface area contributed by atoms with Crippen molar-refractivity contribution in [3.05, 3.63) is 17.0 Å². The number of rotatable bonds is 6. The second-order valence-electron chi connectivity index (χ2n) is 4.20. The van der Waals surface area contributed by atoms with Crippen molar-refractivity contribution in [3.8, 4) is 0 Å². The van der Waals surface area contributed by atoms with E-state index in [1.165, 1.54) is 11.3 Å². The van der Waals surface area contributed by atoms with Crippen molar-refractivity contribution in [2.45, 2.75) is 42.3 Å². The van der Waals surface area contributed by atoms with Gasteiger partial charge in [0.25, 0.3) is 10.0 Å². The minimum absolute atomic E-state index is 0.224. The molecule has 0 saturated heterocycles. The lowest BCUT2D eigenvalue weighted by Gasteiger charge is -2.19. The molecule has 6 heteroatoms. The van der Waals surface area contributed by atoms with Crippen LogP contribution in [-0.2, 0) is 15.9 Å². The molecule has 0 bridgehead atoms. The molecule has 3 nitrogen and oxygen atoms in total. The maximum Gasteiger partial charge on any atom is 0.252 e. The summed E-state index contributed by atoms with van der Waals surface area (Å²) < 4.78 is 26.9. The summed E-state index contributed by atoms with van der Waals surface area (Å²) in [5.41, 5.74) is 0. The summed E-state index contributed by atoms with van der Waals surface area (Å²) in [7, 11) is -3.30. The normalized spacial score (nSPS) is 16.6. The molecule has 1 fully saturated rings. The van der Waals surface area contributed by atoms with E-state index in [0.717, 1.165) is 24.1 Å².